The van der Waals surface area contributed by atoms with Crippen LogP contribution in [-0.4, -0.2) is 22.5 Å². The van der Waals surface area contributed by atoms with Gasteiger partial charge >= 0.3 is 6.09 Å². The van der Waals surface area contributed by atoms with Crippen LogP contribution >= 0.6 is 0 Å². The highest BCUT2D eigenvalue weighted by Gasteiger charge is 2.51. The predicted molar refractivity (Wildman–Crippen MR) is 105 cm³/mol. The number of carbonyl (C=O) groups is 2. The number of hydrogen-bond donors (Lipinski definition) is 0. The summed E-state index contributed by atoms with van der Waals surface area (Å²) >= 11 is 0. The zero-order valence-corrected chi connectivity index (χ0v) is 15.8. The molecule has 4 nitrogen and oxygen atoms in total. The molecule has 2 atom stereocenters. The minimum absolute atomic E-state index is 0.0239. The Balaban J connectivity index is 1.89. The van der Waals surface area contributed by atoms with Crippen molar-refractivity contribution in [3.05, 3.63) is 84.4 Å². The second-order valence-corrected chi connectivity index (χ2v) is 7.38. The topological polar surface area (TPSA) is 46.6 Å². The number of amides is 2. The monoisotopic (exact) mass is 363 g/mol. The van der Waals surface area contributed by atoms with Crippen molar-refractivity contribution in [1.82, 2.24) is 4.90 Å². The summed E-state index contributed by atoms with van der Waals surface area (Å²) < 4.78 is 5.54. The van der Waals surface area contributed by atoms with Gasteiger partial charge in [0.15, 0.2) is 0 Å². The Hall–Kier alpha value is -2.88. The fourth-order valence-electron chi connectivity index (χ4n) is 3.75. The molecule has 1 aliphatic heterocycles. The Bertz CT molecular complexity index is 814. The van der Waals surface area contributed by atoms with Gasteiger partial charge in [-0.3, -0.25) is 4.79 Å². The number of cyclic esters (lactones) is 1. The predicted octanol–water partition coefficient (Wildman–Crippen LogP) is 5.24. The summed E-state index contributed by atoms with van der Waals surface area (Å²) in [7, 11) is 0. The average Bonchev–Trinajstić information content (AvgIpc) is 2.91. The number of nitrogens with zero attached hydrogens (tertiary/aromatic N) is 1. The lowest BCUT2D eigenvalue weighted by Gasteiger charge is -2.29. The molecule has 0 aromatic heterocycles. The van der Waals surface area contributed by atoms with E-state index < -0.39 is 17.7 Å². The van der Waals surface area contributed by atoms with Crippen LogP contribution in [0.2, 0.25) is 0 Å². The third kappa shape index (κ3) is 3.95. The van der Waals surface area contributed by atoms with E-state index in [-0.39, 0.29) is 18.2 Å². The van der Waals surface area contributed by atoms with E-state index in [0.717, 1.165) is 11.1 Å². The number of hydrogen-bond acceptors (Lipinski definition) is 3. The Morgan fingerprint density at radius 1 is 1.15 bits per heavy atom. The molecule has 1 aliphatic rings. The van der Waals surface area contributed by atoms with Crippen molar-refractivity contribution in [3.8, 4) is 0 Å². The maximum absolute atomic E-state index is 13.2. The summed E-state index contributed by atoms with van der Waals surface area (Å²) in [4.78, 5) is 27.0. The maximum atomic E-state index is 13.2. The Kier molecular flexibility index (Phi) is 5.45. The van der Waals surface area contributed by atoms with Gasteiger partial charge in [0.2, 0.25) is 5.91 Å². The summed E-state index contributed by atoms with van der Waals surface area (Å²) in [5.41, 5.74) is 1.17. The number of carbonyl (C=O) groups excluding carboxylic acids is 2. The highest BCUT2D eigenvalue weighted by atomic mass is 16.6. The molecule has 3 rings (SSSR count). The molecule has 0 unspecified atom stereocenters. The van der Waals surface area contributed by atoms with Crippen LogP contribution < -0.4 is 0 Å². The largest absolute Gasteiger partial charge is 0.440 e. The normalized spacial score (nSPS) is 19.4. The SMILES string of the molecule is C=CC[C@@H](CC(=O)N1C(=O)OC(C)(C)[C@@H]1c1ccccc1)c1ccccc1. The molecule has 0 spiro atoms. The lowest BCUT2D eigenvalue weighted by atomic mass is 9.89. The van der Waals surface area contributed by atoms with Gasteiger partial charge in [0.1, 0.15) is 11.6 Å². The molecular formula is C23H25NO3. The molecule has 0 saturated carbocycles. The third-order valence-corrected chi connectivity index (χ3v) is 4.99. The second kappa shape index (κ2) is 7.78. The smallest absolute Gasteiger partial charge is 0.417 e. The summed E-state index contributed by atoms with van der Waals surface area (Å²) in [6.45, 7) is 7.50. The summed E-state index contributed by atoms with van der Waals surface area (Å²) in [5, 5.41) is 0. The molecule has 4 heteroatoms. The van der Waals surface area contributed by atoms with Gasteiger partial charge in [-0.2, -0.15) is 0 Å². The van der Waals surface area contributed by atoms with Gasteiger partial charge in [0, 0.05) is 6.42 Å². The number of imide groups is 1. The molecule has 0 aliphatic carbocycles. The van der Waals surface area contributed by atoms with E-state index in [1.54, 1.807) is 0 Å². The lowest BCUT2D eigenvalue weighted by Crippen LogP contribution is -2.38. The number of rotatable bonds is 6. The van der Waals surface area contributed by atoms with Crippen LogP contribution in [0.4, 0.5) is 4.79 Å². The molecule has 1 saturated heterocycles. The Morgan fingerprint density at radius 2 is 1.74 bits per heavy atom. The summed E-state index contributed by atoms with van der Waals surface area (Å²) in [6.07, 6.45) is 2.12. The average molecular weight is 363 g/mol. The maximum Gasteiger partial charge on any atom is 0.417 e. The fourth-order valence-corrected chi connectivity index (χ4v) is 3.75. The lowest BCUT2D eigenvalue weighted by molar-refractivity contribution is -0.130. The number of ether oxygens (including phenoxy) is 1. The standard InChI is InChI=1S/C23H25NO3/c1-4-11-19(17-12-7-5-8-13-17)16-20(25)24-21(18-14-9-6-10-15-18)23(2,3)27-22(24)26/h4-10,12-15,19,21H,1,11,16H2,2-3H3/t19-,21-/m0/s1. The van der Waals surface area contributed by atoms with Gasteiger partial charge in [-0.25, -0.2) is 9.69 Å². The van der Waals surface area contributed by atoms with Gasteiger partial charge in [-0.1, -0.05) is 66.7 Å². The highest BCUT2D eigenvalue weighted by molar-refractivity contribution is 5.94. The Morgan fingerprint density at radius 3 is 2.33 bits per heavy atom. The second-order valence-electron chi connectivity index (χ2n) is 7.38. The van der Waals surface area contributed by atoms with Crippen molar-refractivity contribution in [2.45, 2.75) is 44.2 Å². The minimum Gasteiger partial charge on any atom is -0.440 e. The van der Waals surface area contributed by atoms with E-state index in [2.05, 4.69) is 6.58 Å². The van der Waals surface area contributed by atoms with Crippen molar-refractivity contribution >= 4 is 12.0 Å². The number of benzene rings is 2. The molecule has 1 heterocycles. The van der Waals surface area contributed by atoms with E-state index in [1.807, 2.05) is 80.6 Å². The first-order chi connectivity index (χ1) is 12.9. The summed E-state index contributed by atoms with van der Waals surface area (Å²) in [6, 6.07) is 19.0. The number of allylic oxidation sites excluding steroid dienone is 1. The van der Waals surface area contributed by atoms with Crippen LogP contribution in [0.25, 0.3) is 0 Å². The van der Waals surface area contributed by atoms with Crippen LogP contribution in [0.5, 0.6) is 0 Å². The van der Waals surface area contributed by atoms with E-state index in [9.17, 15) is 9.59 Å². The first-order valence-electron chi connectivity index (χ1n) is 9.20. The first kappa shape index (κ1) is 18.9. The molecular weight excluding hydrogens is 338 g/mol. The molecule has 2 amide bonds. The van der Waals surface area contributed by atoms with Crippen LogP contribution in [0, 0.1) is 0 Å². The molecule has 2 aromatic carbocycles. The zero-order valence-electron chi connectivity index (χ0n) is 15.8. The van der Waals surface area contributed by atoms with Crippen molar-refractivity contribution < 1.29 is 14.3 Å². The van der Waals surface area contributed by atoms with E-state index in [0.29, 0.717) is 6.42 Å². The van der Waals surface area contributed by atoms with Gasteiger partial charge < -0.3 is 4.74 Å². The van der Waals surface area contributed by atoms with Crippen LogP contribution in [0.1, 0.15) is 49.8 Å². The van der Waals surface area contributed by atoms with Crippen LogP contribution in [-0.2, 0) is 9.53 Å². The van der Waals surface area contributed by atoms with Crippen molar-refractivity contribution in [3.63, 3.8) is 0 Å². The summed E-state index contributed by atoms with van der Waals surface area (Å²) in [5.74, 6) is -0.251. The van der Waals surface area contributed by atoms with Crippen LogP contribution in [0.15, 0.2) is 73.3 Å². The molecule has 27 heavy (non-hydrogen) atoms. The van der Waals surface area contributed by atoms with E-state index >= 15 is 0 Å². The zero-order chi connectivity index (χ0) is 19.4. The quantitative estimate of drug-likeness (QED) is 0.660. The van der Waals surface area contributed by atoms with Gasteiger partial charge in [-0.15, -0.1) is 6.58 Å². The van der Waals surface area contributed by atoms with Gasteiger partial charge in [0.05, 0.1) is 0 Å². The van der Waals surface area contributed by atoms with Crippen molar-refractivity contribution in [2.75, 3.05) is 0 Å². The molecule has 140 valence electrons. The molecule has 2 aromatic rings. The van der Waals surface area contributed by atoms with E-state index in [4.69, 9.17) is 4.74 Å². The Labute approximate surface area is 160 Å². The first-order valence-corrected chi connectivity index (χ1v) is 9.20. The third-order valence-electron chi connectivity index (χ3n) is 4.99. The van der Waals surface area contributed by atoms with Crippen molar-refractivity contribution in [2.24, 2.45) is 0 Å². The highest BCUT2D eigenvalue weighted by Crippen LogP contribution is 2.42. The van der Waals surface area contributed by atoms with Gasteiger partial charge in [-0.05, 0) is 37.3 Å². The fraction of sp³-hybridized carbons (Fsp3) is 0.304. The van der Waals surface area contributed by atoms with Gasteiger partial charge in [0.25, 0.3) is 0 Å². The van der Waals surface area contributed by atoms with Crippen molar-refractivity contribution in [1.29, 1.82) is 0 Å². The van der Waals surface area contributed by atoms with E-state index in [1.165, 1.54) is 4.90 Å². The molecule has 1 fully saturated rings. The van der Waals surface area contributed by atoms with Crippen LogP contribution in [0.3, 0.4) is 0 Å². The molecule has 0 N–H and O–H groups in total. The minimum atomic E-state index is -0.783. The molecule has 0 bridgehead atoms. The molecule has 0 radical (unpaired) electrons.